The van der Waals surface area contributed by atoms with Crippen molar-refractivity contribution < 1.29 is 9.47 Å². The van der Waals surface area contributed by atoms with Crippen LogP contribution in [0.25, 0.3) is 0 Å². The number of halogens is 1. The van der Waals surface area contributed by atoms with E-state index in [4.69, 9.17) is 9.47 Å². The van der Waals surface area contributed by atoms with Crippen molar-refractivity contribution in [2.75, 3.05) is 40.0 Å². The normalized spacial score (nSPS) is 12.5. The highest BCUT2D eigenvalue weighted by atomic mass is 79.9. The third-order valence-corrected chi connectivity index (χ3v) is 3.99. The van der Waals surface area contributed by atoms with Gasteiger partial charge >= 0.3 is 0 Å². The summed E-state index contributed by atoms with van der Waals surface area (Å²) in [6, 6.07) is 8.64. The third kappa shape index (κ3) is 9.25. The highest BCUT2D eigenvalue weighted by Crippen LogP contribution is 2.17. The van der Waals surface area contributed by atoms with Gasteiger partial charge in [-0.1, -0.05) is 28.1 Å². The van der Waals surface area contributed by atoms with Crippen LogP contribution in [0.3, 0.4) is 0 Å². The Bertz CT molecular complexity index is 344. The van der Waals surface area contributed by atoms with Crippen LogP contribution in [0.2, 0.25) is 0 Å². The van der Waals surface area contributed by atoms with E-state index in [1.165, 1.54) is 12.0 Å². The van der Waals surface area contributed by atoms with Gasteiger partial charge in [0.15, 0.2) is 0 Å². The van der Waals surface area contributed by atoms with Crippen LogP contribution in [-0.4, -0.2) is 40.0 Å². The molecule has 1 N–H and O–H groups in total. The van der Waals surface area contributed by atoms with Gasteiger partial charge in [-0.2, -0.15) is 0 Å². The summed E-state index contributed by atoms with van der Waals surface area (Å²) in [6.07, 6.45) is 3.43. The van der Waals surface area contributed by atoms with Gasteiger partial charge in [0, 0.05) is 31.3 Å². The minimum atomic E-state index is 0.642. The zero-order chi connectivity index (χ0) is 15.3. The lowest BCUT2D eigenvalue weighted by molar-refractivity contribution is 0.139. The van der Waals surface area contributed by atoms with E-state index in [-0.39, 0.29) is 0 Å². The van der Waals surface area contributed by atoms with Crippen molar-refractivity contribution in [3.05, 3.63) is 34.3 Å². The molecule has 4 heteroatoms. The van der Waals surface area contributed by atoms with E-state index < -0.39 is 0 Å². The van der Waals surface area contributed by atoms with Crippen molar-refractivity contribution in [2.45, 2.75) is 26.2 Å². The molecule has 0 bridgehead atoms. The molecular weight excluding hydrogens is 330 g/mol. The average Bonchev–Trinajstić information content (AvgIpc) is 2.50. The molecule has 1 unspecified atom stereocenters. The van der Waals surface area contributed by atoms with Crippen LogP contribution in [0, 0.1) is 5.92 Å². The SMILES string of the molecule is CCOCCCC(CNCCOC)Cc1ccc(Br)cc1. The monoisotopic (exact) mass is 357 g/mol. The van der Waals surface area contributed by atoms with Gasteiger partial charge in [0.25, 0.3) is 0 Å². The number of methoxy groups -OCH3 is 1. The number of hydrogen-bond acceptors (Lipinski definition) is 3. The second-order valence-corrected chi connectivity index (χ2v) is 6.15. The summed E-state index contributed by atoms with van der Waals surface area (Å²) in [7, 11) is 1.74. The van der Waals surface area contributed by atoms with Gasteiger partial charge in [0.2, 0.25) is 0 Å². The van der Waals surface area contributed by atoms with Gasteiger partial charge < -0.3 is 14.8 Å². The fourth-order valence-electron chi connectivity index (χ4n) is 2.33. The van der Waals surface area contributed by atoms with E-state index in [1.54, 1.807) is 7.11 Å². The molecule has 21 heavy (non-hydrogen) atoms. The minimum absolute atomic E-state index is 0.642. The molecule has 0 aliphatic carbocycles. The highest BCUT2D eigenvalue weighted by molar-refractivity contribution is 9.10. The van der Waals surface area contributed by atoms with E-state index in [0.29, 0.717) is 5.92 Å². The Hall–Kier alpha value is -0.420. The minimum Gasteiger partial charge on any atom is -0.383 e. The molecule has 0 amide bonds. The Morgan fingerprint density at radius 2 is 1.95 bits per heavy atom. The quantitative estimate of drug-likeness (QED) is 0.579. The topological polar surface area (TPSA) is 30.5 Å². The number of rotatable bonds is 12. The number of benzene rings is 1. The molecule has 0 aliphatic rings. The molecule has 1 aromatic carbocycles. The van der Waals surface area contributed by atoms with Gasteiger partial charge in [-0.05, 0) is 56.3 Å². The van der Waals surface area contributed by atoms with Gasteiger partial charge in [-0.15, -0.1) is 0 Å². The first-order valence-electron chi connectivity index (χ1n) is 7.78. The van der Waals surface area contributed by atoms with Crippen molar-refractivity contribution in [3.63, 3.8) is 0 Å². The molecule has 1 atom stereocenters. The second-order valence-electron chi connectivity index (χ2n) is 5.23. The Kier molecular flexibility index (Phi) is 10.8. The molecule has 0 saturated carbocycles. The van der Waals surface area contributed by atoms with Crippen molar-refractivity contribution >= 4 is 15.9 Å². The Balaban J connectivity index is 2.39. The number of ether oxygens (including phenoxy) is 2. The summed E-state index contributed by atoms with van der Waals surface area (Å²) < 4.78 is 11.7. The first-order valence-corrected chi connectivity index (χ1v) is 8.57. The van der Waals surface area contributed by atoms with Crippen LogP contribution in [0.1, 0.15) is 25.3 Å². The van der Waals surface area contributed by atoms with Crippen molar-refractivity contribution in [1.82, 2.24) is 5.32 Å². The smallest absolute Gasteiger partial charge is 0.0587 e. The van der Waals surface area contributed by atoms with E-state index >= 15 is 0 Å². The van der Waals surface area contributed by atoms with E-state index in [2.05, 4.69) is 45.5 Å². The molecule has 0 fully saturated rings. The zero-order valence-corrected chi connectivity index (χ0v) is 14.8. The van der Waals surface area contributed by atoms with Crippen LogP contribution in [0.4, 0.5) is 0 Å². The summed E-state index contributed by atoms with van der Waals surface area (Å²) in [4.78, 5) is 0. The first-order chi connectivity index (χ1) is 10.3. The molecular formula is C17H28BrNO2. The highest BCUT2D eigenvalue weighted by Gasteiger charge is 2.09. The number of hydrogen-bond donors (Lipinski definition) is 1. The fourth-order valence-corrected chi connectivity index (χ4v) is 2.59. The second kappa shape index (κ2) is 12.2. The van der Waals surface area contributed by atoms with E-state index in [1.807, 2.05) is 6.92 Å². The molecule has 1 aromatic rings. The van der Waals surface area contributed by atoms with Gasteiger partial charge in [-0.3, -0.25) is 0 Å². The summed E-state index contributed by atoms with van der Waals surface area (Å²) in [5, 5.41) is 3.48. The van der Waals surface area contributed by atoms with Crippen LogP contribution < -0.4 is 5.32 Å². The third-order valence-electron chi connectivity index (χ3n) is 3.46. The molecule has 0 radical (unpaired) electrons. The largest absolute Gasteiger partial charge is 0.383 e. The van der Waals surface area contributed by atoms with Crippen LogP contribution in [0.5, 0.6) is 0 Å². The van der Waals surface area contributed by atoms with E-state index in [9.17, 15) is 0 Å². The summed E-state index contributed by atoms with van der Waals surface area (Å²) >= 11 is 3.49. The molecule has 0 heterocycles. The van der Waals surface area contributed by atoms with Gasteiger partial charge in [-0.25, -0.2) is 0 Å². The summed E-state index contributed by atoms with van der Waals surface area (Å²) in [6.45, 7) is 6.44. The van der Waals surface area contributed by atoms with Crippen molar-refractivity contribution in [2.24, 2.45) is 5.92 Å². The maximum atomic E-state index is 5.45. The average molecular weight is 358 g/mol. The number of nitrogens with one attached hydrogen (secondary N) is 1. The zero-order valence-electron chi connectivity index (χ0n) is 13.2. The lowest BCUT2D eigenvalue weighted by Gasteiger charge is -2.18. The van der Waals surface area contributed by atoms with Gasteiger partial charge in [0.1, 0.15) is 0 Å². The van der Waals surface area contributed by atoms with E-state index in [0.717, 1.165) is 50.2 Å². The predicted octanol–water partition coefficient (Wildman–Crippen LogP) is 3.66. The molecule has 0 aliphatic heterocycles. The molecule has 0 spiro atoms. The molecule has 120 valence electrons. The maximum Gasteiger partial charge on any atom is 0.0587 e. The molecule has 0 aromatic heterocycles. The molecule has 1 rings (SSSR count). The Labute approximate surface area is 137 Å². The molecule has 0 saturated heterocycles. The first kappa shape index (κ1) is 18.6. The summed E-state index contributed by atoms with van der Waals surface area (Å²) in [5.74, 6) is 0.642. The maximum absolute atomic E-state index is 5.45. The lowest BCUT2D eigenvalue weighted by atomic mass is 9.95. The van der Waals surface area contributed by atoms with Crippen LogP contribution in [0.15, 0.2) is 28.7 Å². The summed E-state index contributed by atoms with van der Waals surface area (Å²) in [5.41, 5.74) is 1.40. The fraction of sp³-hybridized carbons (Fsp3) is 0.647. The Morgan fingerprint density at radius 1 is 1.19 bits per heavy atom. The van der Waals surface area contributed by atoms with Crippen molar-refractivity contribution in [3.8, 4) is 0 Å². The van der Waals surface area contributed by atoms with Crippen LogP contribution >= 0.6 is 15.9 Å². The van der Waals surface area contributed by atoms with Crippen molar-refractivity contribution in [1.29, 1.82) is 0 Å². The standard InChI is InChI=1S/C17H28BrNO2/c1-3-21-11-4-5-16(14-19-10-12-20-2)13-15-6-8-17(18)9-7-15/h6-9,16,19H,3-5,10-14H2,1-2H3. The predicted molar refractivity (Wildman–Crippen MR) is 91.8 cm³/mol. The lowest BCUT2D eigenvalue weighted by Crippen LogP contribution is -2.27. The Morgan fingerprint density at radius 3 is 2.62 bits per heavy atom. The van der Waals surface area contributed by atoms with Gasteiger partial charge in [0.05, 0.1) is 6.61 Å². The molecule has 3 nitrogen and oxygen atoms in total. The van der Waals surface area contributed by atoms with Crippen LogP contribution in [-0.2, 0) is 15.9 Å².